The summed E-state index contributed by atoms with van der Waals surface area (Å²) < 4.78 is 69.7. The summed E-state index contributed by atoms with van der Waals surface area (Å²) in [5.41, 5.74) is -0.266. The number of aromatic nitrogens is 1. The number of carbonyl (C=O) groups excluding carboxylic acids is 1. The zero-order chi connectivity index (χ0) is 24.1. The SMILES string of the molecule is CCS(=O)(=O)N1CCC(NC(=O)NCc2ccc(Oc3ccccc3C(F)(F)F)nc2)CC1. The average molecular weight is 487 g/mol. The summed E-state index contributed by atoms with van der Waals surface area (Å²) in [6.45, 7) is 2.48. The van der Waals surface area contributed by atoms with Crippen molar-refractivity contribution in [3.05, 3.63) is 53.7 Å². The highest BCUT2D eigenvalue weighted by Crippen LogP contribution is 2.37. The lowest BCUT2D eigenvalue weighted by atomic mass is 10.1. The largest absolute Gasteiger partial charge is 0.438 e. The first-order chi connectivity index (χ1) is 15.6. The number of urea groups is 1. The Bertz CT molecular complexity index is 1050. The summed E-state index contributed by atoms with van der Waals surface area (Å²) in [6.07, 6.45) is -2.09. The lowest BCUT2D eigenvalue weighted by molar-refractivity contribution is -0.138. The molecule has 0 bridgehead atoms. The molecule has 1 fully saturated rings. The number of alkyl halides is 3. The number of benzene rings is 1. The summed E-state index contributed by atoms with van der Waals surface area (Å²) in [7, 11) is -3.22. The van der Waals surface area contributed by atoms with Crippen LogP contribution in [0.4, 0.5) is 18.0 Å². The Morgan fingerprint density at radius 1 is 1.18 bits per heavy atom. The van der Waals surface area contributed by atoms with Crippen LogP contribution < -0.4 is 15.4 Å². The molecule has 3 rings (SSSR count). The van der Waals surface area contributed by atoms with E-state index in [1.165, 1.54) is 34.8 Å². The van der Waals surface area contributed by atoms with Crippen molar-refractivity contribution < 1.29 is 31.1 Å². The van der Waals surface area contributed by atoms with Gasteiger partial charge in [-0.3, -0.25) is 0 Å². The van der Waals surface area contributed by atoms with Gasteiger partial charge in [0.25, 0.3) is 0 Å². The molecular formula is C21H25F3N4O4S. The van der Waals surface area contributed by atoms with E-state index in [9.17, 15) is 26.4 Å². The van der Waals surface area contributed by atoms with Gasteiger partial charge in [-0.1, -0.05) is 18.2 Å². The standard InChI is InChI=1S/C21H25F3N4O4S/c1-2-33(30,31)28-11-9-16(10-12-28)27-20(29)26-14-15-7-8-19(25-13-15)32-18-6-4-3-5-17(18)21(22,23)24/h3-8,13,16H,2,9-12,14H2,1H3,(H2,26,27,29). The summed E-state index contributed by atoms with van der Waals surface area (Å²) >= 11 is 0. The van der Waals surface area contributed by atoms with Crippen LogP contribution in [0.5, 0.6) is 11.6 Å². The van der Waals surface area contributed by atoms with Gasteiger partial charge in [0.05, 0.1) is 11.3 Å². The minimum absolute atomic E-state index is 0.00584. The normalized spacial score (nSPS) is 15.8. The van der Waals surface area contributed by atoms with Crippen LogP contribution in [0.3, 0.4) is 0 Å². The van der Waals surface area contributed by atoms with E-state index in [1.807, 2.05) is 0 Å². The number of halogens is 3. The number of pyridine rings is 1. The number of hydrogen-bond acceptors (Lipinski definition) is 5. The summed E-state index contributed by atoms with van der Waals surface area (Å²) in [6, 6.07) is 7.35. The minimum atomic E-state index is -4.55. The number of piperidine rings is 1. The Morgan fingerprint density at radius 2 is 1.88 bits per heavy atom. The maximum Gasteiger partial charge on any atom is 0.419 e. The van der Waals surface area contributed by atoms with Crippen molar-refractivity contribution in [2.45, 2.75) is 38.5 Å². The maximum atomic E-state index is 13.1. The molecule has 2 aromatic rings. The average Bonchev–Trinajstić information content (AvgIpc) is 2.79. The molecule has 2 amide bonds. The lowest BCUT2D eigenvalue weighted by Gasteiger charge is -2.31. The summed E-state index contributed by atoms with van der Waals surface area (Å²) in [5.74, 6) is -0.299. The van der Waals surface area contributed by atoms with E-state index in [0.717, 1.165) is 6.07 Å². The molecular weight excluding hydrogens is 461 g/mol. The third-order valence-corrected chi connectivity index (χ3v) is 7.09. The zero-order valence-electron chi connectivity index (χ0n) is 17.9. The highest BCUT2D eigenvalue weighted by molar-refractivity contribution is 7.89. The number of amides is 2. The Hall–Kier alpha value is -2.86. The topological polar surface area (TPSA) is 101 Å². The molecule has 0 radical (unpaired) electrons. The summed E-state index contributed by atoms with van der Waals surface area (Å²) in [4.78, 5) is 16.2. The van der Waals surface area contributed by atoms with Gasteiger partial charge in [0.15, 0.2) is 0 Å². The van der Waals surface area contributed by atoms with E-state index in [2.05, 4.69) is 15.6 Å². The van der Waals surface area contributed by atoms with Crippen LogP contribution in [0.1, 0.15) is 30.9 Å². The van der Waals surface area contributed by atoms with E-state index >= 15 is 0 Å². The Balaban J connectivity index is 1.47. The molecule has 0 saturated carbocycles. The quantitative estimate of drug-likeness (QED) is 0.624. The van der Waals surface area contributed by atoms with Gasteiger partial charge in [0.2, 0.25) is 15.9 Å². The summed E-state index contributed by atoms with van der Waals surface area (Å²) in [5, 5.41) is 5.51. The van der Waals surface area contributed by atoms with E-state index < -0.39 is 27.8 Å². The van der Waals surface area contributed by atoms with E-state index in [1.54, 1.807) is 13.0 Å². The van der Waals surface area contributed by atoms with Gasteiger partial charge < -0.3 is 15.4 Å². The smallest absolute Gasteiger partial charge is 0.419 e. The fourth-order valence-corrected chi connectivity index (χ4v) is 4.49. The van der Waals surface area contributed by atoms with Crippen molar-refractivity contribution in [1.82, 2.24) is 19.9 Å². The molecule has 2 N–H and O–H groups in total. The third kappa shape index (κ3) is 6.81. The Labute approximate surface area is 190 Å². The molecule has 0 spiro atoms. The lowest BCUT2D eigenvalue weighted by Crippen LogP contribution is -2.49. The van der Waals surface area contributed by atoms with Crippen LogP contribution in [0.2, 0.25) is 0 Å². The van der Waals surface area contributed by atoms with Crippen molar-refractivity contribution in [2.75, 3.05) is 18.8 Å². The molecule has 1 aliphatic heterocycles. The molecule has 12 heteroatoms. The van der Waals surface area contributed by atoms with Crippen LogP contribution in [0, 0.1) is 0 Å². The van der Waals surface area contributed by atoms with Crippen LogP contribution >= 0.6 is 0 Å². The Kier molecular flexibility index (Phi) is 7.80. The van der Waals surface area contributed by atoms with Crippen LogP contribution in [-0.4, -0.2) is 48.6 Å². The predicted octanol–water partition coefficient (Wildman–Crippen LogP) is 3.51. The predicted molar refractivity (Wildman–Crippen MR) is 115 cm³/mol. The molecule has 1 aromatic heterocycles. The van der Waals surface area contributed by atoms with E-state index in [0.29, 0.717) is 31.5 Å². The maximum absolute atomic E-state index is 13.1. The molecule has 180 valence electrons. The fourth-order valence-electron chi connectivity index (χ4n) is 3.36. The second kappa shape index (κ2) is 10.4. The number of hydrogen-bond donors (Lipinski definition) is 2. The monoisotopic (exact) mass is 486 g/mol. The number of rotatable bonds is 7. The third-order valence-electron chi connectivity index (χ3n) is 5.20. The van der Waals surface area contributed by atoms with Gasteiger partial charge in [-0.15, -0.1) is 0 Å². The van der Waals surface area contributed by atoms with Crippen molar-refractivity contribution in [2.24, 2.45) is 0 Å². The zero-order valence-corrected chi connectivity index (χ0v) is 18.7. The van der Waals surface area contributed by atoms with Crippen LogP contribution in [-0.2, 0) is 22.7 Å². The number of nitrogens with one attached hydrogen (secondary N) is 2. The number of para-hydroxylation sites is 1. The van der Waals surface area contributed by atoms with Gasteiger partial charge in [0.1, 0.15) is 5.75 Å². The molecule has 0 atom stereocenters. The van der Waals surface area contributed by atoms with Crippen molar-refractivity contribution in [3.8, 4) is 11.6 Å². The van der Waals surface area contributed by atoms with Gasteiger partial charge in [-0.25, -0.2) is 22.5 Å². The number of sulfonamides is 1. The fraction of sp³-hybridized carbons (Fsp3) is 0.429. The molecule has 0 aliphatic carbocycles. The van der Waals surface area contributed by atoms with Gasteiger partial charge in [0, 0.05) is 37.9 Å². The van der Waals surface area contributed by atoms with Crippen LogP contribution in [0.25, 0.3) is 0 Å². The molecule has 8 nitrogen and oxygen atoms in total. The second-order valence-electron chi connectivity index (χ2n) is 7.50. The van der Waals surface area contributed by atoms with Crippen molar-refractivity contribution in [1.29, 1.82) is 0 Å². The minimum Gasteiger partial charge on any atom is -0.438 e. The molecule has 1 saturated heterocycles. The van der Waals surface area contributed by atoms with Gasteiger partial charge in [-0.2, -0.15) is 13.2 Å². The number of carbonyl (C=O) groups is 1. The second-order valence-corrected chi connectivity index (χ2v) is 9.76. The Morgan fingerprint density at radius 3 is 2.48 bits per heavy atom. The molecule has 1 aliphatic rings. The van der Waals surface area contributed by atoms with E-state index in [-0.39, 0.29) is 30.0 Å². The van der Waals surface area contributed by atoms with Gasteiger partial charge >= 0.3 is 12.2 Å². The highest BCUT2D eigenvalue weighted by atomic mass is 32.2. The van der Waals surface area contributed by atoms with Crippen molar-refractivity contribution >= 4 is 16.1 Å². The number of nitrogens with zero attached hydrogens (tertiary/aromatic N) is 2. The molecule has 1 aromatic carbocycles. The van der Waals surface area contributed by atoms with Crippen LogP contribution in [0.15, 0.2) is 42.6 Å². The van der Waals surface area contributed by atoms with E-state index in [4.69, 9.17) is 4.74 Å². The molecule has 0 unspecified atom stereocenters. The first-order valence-electron chi connectivity index (χ1n) is 10.4. The molecule has 33 heavy (non-hydrogen) atoms. The van der Waals surface area contributed by atoms with Gasteiger partial charge in [-0.05, 0) is 37.5 Å². The highest BCUT2D eigenvalue weighted by Gasteiger charge is 2.34. The number of ether oxygens (including phenoxy) is 1. The molecule has 2 heterocycles. The van der Waals surface area contributed by atoms with Crippen molar-refractivity contribution in [3.63, 3.8) is 0 Å². The first-order valence-corrected chi connectivity index (χ1v) is 12.0. The first kappa shape index (κ1) is 24.8.